The molecule has 0 amide bonds. The highest BCUT2D eigenvalue weighted by atomic mass is 32.1. The molecule has 85 valence electrons. The average Bonchev–Trinajstić information content (AvgIpc) is 2.21. The predicted octanol–water partition coefficient (Wildman–Crippen LogP) is 5.39. The van der Waals surface area contributed by atoms with E-state index in [0.29, 0.717) is 0 Å². The van der Waals surface area contributed by atoms with E-state index in [-0.39, 0.29) is 0 Å². The molecule has 0 heterocycles. The average molecular weight is 215 g/mol. The predicted molar refractivity (Wildman–Crippen MR) is 69.7 cm³/mol. The van der Waals surface area contributed by atoms with Crippen molar-refractivity contribution in [3.8, 4) is 0 Å². The smallest absolute Gasteiger partial charge is 0.0133 e. The largest absolute Gasteiger partial charge is 0.175 e. The lowest BCUT2D eigenvalue weighted by Crippen LogP contribution is -1.81. The van der Waals surface area contributed by atoms with Crippen LogP contribution in [0.25, 0.3) is 0 Å². The van der Waals surface area contributed by atoms with Crippen LogP contribution in [0, 0.1) is 5.75 Å². The second kappa shape index (κ2) is 13.4. The van der Waals surface area contributed by atoms with E-state index in [0.717, 1.165) is 0 Å². The third-order valence-corrected chi connectivity index (χ3v) is 2.94. The zero-order chi connectivity index (χ0) is 10.5. The topological polar surface area (TPSA) is 0 Å². The highest BCUT2D eigenvalue weighted by molar-refractivity contribution is 7.82. The molecule has 1 radical (unpaired) electrons. The molecule has 0 N–H and O–H groups in total. The van der Waals surface area contributed by atoms with Gasteiger partial charge in [-0.15, -0.1) is 0 Å². The van der Waals surface area contributed by atoms with Crippen LogP contribution in [-0.2, 0) is 0 Å². The molecule has 0 aliphatic carbocycles. The van der Waals surface area contributed by atoms with E-state index in [9.17, 15) is 0 Å². The summed E-state index contributed by atoms with van der Waals surface area (Å²) in [6, 6.07) is 0. The van der Waals surface area contributed by atoms with Gasteiger partial charge in [0.15, 0.2) is 0 Å². The maximum atomic E-state index is 4.09. The van der Waals surface area contributed by atoms with Gasteiger partial charge in [0.1, 0.15) is 0 Å². The van der Waals surface area contributed by atoms with E-state index in [4.69, 9.17) is 0 Å². The lowest BCUT2D eigenvalue weighted by atomic mass is 10.1. The fourth-order valence-electron chi connectivity index (χ4n) is 1.72. The quantitative estimate of drug-likeness (QED) is 0.347. The summed E-state index contributed by atoms with van der Waals surface area (Å²) in [4.78, 5) is 0. The van der Waals surface area contributed by atoms with Crippen molar-refractivity contribution >= 4 is 12.6 Å². The van der Waals surface area contributed by atoms with Crippen LogP contribution in [0.1, 0.15) is 77.6 Å². The summed E-state index contributed by atoms with van der Waals surface area (Å²) < 4.78 is 0. The molecule has 0 unspecified atom stereocenters. The summed E-state index contributed by atoms with van der Waals surface area (Å²) in [5.41, 5.74) is 0. The molecule has 0 aliphatic rings. The van der Waals surface area contributed by atoms with Crippen molar-refractivity contribution in [1.82, 2.24) is 0 Å². The first-order valence-corrected chi connectivity index (χ1v) is 6.89. The molecule has 0 nitrogen and oxygen atoms in total. The van der Waals surface area contributed by atoms with Crippen LogP contribution in [0.2, 0.25) is 0 Å². The summed E-state index contributed by atoms with van der Waals surface area (Å²) in [5.74, 6) is 1.98. The Balaban J connectivity index is 2.78. The van der Waals surface area contributed by atoms with Crippen molar-refractivity contribution in [1.29, 1.82) is 0 Å². The minimum atomic E-state index is 1.18. The molecule has 14 heavy (non-hydrogen) atoms. The molecule has 0 aromatic carbocycles. The van der Waals surface area contributed by atoms with Gasteiger partial charge in [-0.1, -0.05) is 71.1 Å². The van der Waals surface area contributed by atoms with E-state index in [1.54, 1.807) is 0 Å². The normalized spacial score (nSPS) is 10.7. The van der Waals surface area contributed by atoms with Gasteiger partial charge >= 0.3 is 0 Å². The van der Waals surface area contributed by atoms with E-state index in [1.165, 1.54) is 70.6 Å². The van der Waals surface area contributed by atoms with Gasteiger partial charge in [-0.2, -0.15) is 12.6 Å². The number of thiol groups is 1. The van der Waals surface area contributed by atoms with E-state index in [2.05, 4.69) is 19.6 Å². The molecular weight excluding hydrogens is 188 g/mol. The Morgan fingerprint density at radius 1 is 0.714 bits per heavy atom. The number of hydrogen-bond donors (Lipinski definition) is 1. The molecule has 0 saturated heterocycles. The highest BCUT2D eigenvalue weighted by Gasteiger charge is 1.91. The van der Waals surface area contributed by atoms with Gasteiger partial charge in [0, 0.05) is 5.75 Å². The zero-order valence-corrected chi connectivity index (χ0v) is 10.7. The van der Waals surface area contributed by atoms with Crippen LogP contribution in [0.4, 0.5) is 0 Å². The fourth-order valence-corrected chi connectivity index (χ4v) is 1.91. The second-order valence-corrected chi connectivity index (χ2v) is 4.52. The standard InChI is InChI=1S/C13H27S/c1-2-3-4-5-6-7-8-9-10-11-12-13-14/h13-14H,2-12H2,1H3. The zero-order valence-electron chi connectivity index (χ0n) is 9.80. The Bertz CT molecular complexity index is 79.2. The fraction of sp³-hybridized carbons (Fsp3) is 0.923. The van der Waals surface area contributed by atoms with Crippen molar-refractivity contribution in [3.63, 3.8) is 0 Å². The van der Waals surface area contributed by atoms with Gasteiger partial charge in [-0.25, -0.2) is 0 Å². The Kier molecular flexibility index (Phi) is 13.7. The van der Waals surface area contributed by atoms with Crippen LogP contribution in [-0.4, -0.2) is 0 Å². The minimum absolute atomic E-state index is 1.18. The maximum Gasteiger partial charge on any atom is 0.0133 e. The first-order chi connectivity index (χ1) is 6.91. The molecule has 0 aromatic rings. The molecule has 0 fully saturated rings. The Hall–Kier alpha value is 0.350. The van der Waals surface area contributed by atoms with Crippen LogP contribution in [0.3, 0.4) is 0 Å². The van der Waals surface area contributed by atoms with Crippen molar-refractivity contribution in [2.75, 3.05) is 0 Å². The Labute approximate surface area is 96.3 Å². The summed E-state index contributed by atoms with van der Waals surface area (Å²) >= 11 is 4.09. The number of rotatable bonds is 11. The Morgan fingerprint density at radius 3 is 1.57 bits per heavy atom. The minimum Gasteiger partial charge on any atom is -0.175 e. The van der Waals surface area contributed by atoms with Crippen molar-refractivity contribution in [2.24, 2.45) is 0 Å². The van der Waals surface area contributed by atoms with Gasteiger partial charge in [0.25, 0.3) is 0 Å². The SMILES string of the molecule is CCCCCCCCCCCC[CH]S. The highest BCUT2D eigenvalue weighted by Crippen LogP contribution is 2.11. The van der Waals surface area contributed by atoms with Crippen LogP contribution >= 0.6 is 12.6 Å². The van der Waals surface area contributed by atoms with Crippen LogP contribution < -0.4 is 0 Å². The summed E-state index contributed by atoms with van der Waals surface area (Å²) in [6.07, 6.45) is 15.4. The van der Waals surface area contributed by atoms with E-state index in [1.807, 2.05) is 5.75 Å². The van der Waals surface area contributed by atoms with Crippen LogP contribution in [0.15, 0.2) is 0 Å². The van der Waals surface area contributed by atoms with Crippen LogP contribution in [0.5, 0.6) is 0 Å². The maximum absolute atomic E-state index is 4.09. The lowest BCUT2D eigenvalue weighted by molar-refractivity contribution is 0.557. The summed E-state index contributed by atoms with van der Waals surface area (Å²) in [7, 11) is 0. The van der Waals surface area contributed by atoms with E-state index >= 15 is 0 Å². The molecular formula is C13H27S. The molecule has 0 aromatic heterocycles. The van der Waals surface area contributed by atoms with Gasteiger partial charge < -0.3 is 0 Å². The van der Waals surface area contributed by atoms with E-state index < -0.39 is 0 Å². The molecule has 1 heteroatoms. The molecule has 0 spiro atoms. The first kappa shape index (κ1) is 14.3. The van der Waals surface area contributed by atoms with Gasteiger partial charge in [-0.3, -0.25) is 0 Å². The number of hydrogen-bond acceptors (Lipinski definition) is 1. The Morgan fingerprint density at radius 2 is 1.14 bits per heavy atom. The second-order valence-electron chi connectivity index (χ2n) is 4.15. The molecule has 0 saturated carbocycles. The third-order valence-electron chi connectivity index (χ3n) is 2.69. The first-order valence-electron chi connectivity index (χ1n) is 6.37. The van der Waals surface area contributed by atoms with Crippen molar-refractivity contribution in [3.05, 3.63) is 5.75 Å². The summed E-state index contributed by atoms with van der Waals surface area (Å²) in [5, 5.41) is 0. The third kappa shape index (κ3) is 12.3. The molecule has 0 rings (SSSR count). The molecule has 0 bridgehead atoms. The van der Waals surface area contributed by atoms with Gasteiger partial charge in [0.2, 0.25) is 0 Å². The molecule has 0 atom stereocenters. The van der Waals surface area contributed by atoms with Gasteiger partial charge in [0.05, 0.1) is 0 Å². The lowest BCUT2D eigenvalue weighted by Gasteiger charge is -2.01. The monoisotopic (exact) mass is 215 g/mol. The molecule has 0 aliphatic heterocycles. The van der Waals surface area contributed by atoms with Crippen molar-refractivity contribution in [2.45, 2.75) is 77.6 Å². The number of unbranched alkanes of at least 4 members (excludes halogenated alkanes) is 10. The summed E-state index contributed by atoms with van der Waals surface area (Å²) in [6.45, 7) is 2.28. The van der Waals surface area contributed by atoms with Crippen molar-refractivity contribution < 1.29 is 0 Å². The van der Waals surface area contributed by atoms with Gasteiger partial charge in [-0.05, 0) is 6.42 Å².